The Morgan fingerprint density at radius 3 is 3.00 bits per heavy atom. The van der Waals surface area contributed by atoms with E-state index in [9.17, 15) is 9.59 Å². The van der Waals surface area contributed by atoms with Crippen molar-refractivity contribution in [1.82, 2.24) is 14.5 Å². The number of aryl methyl sites for hydroxylation is 1. The van der Waals surface area contributed by atoms with Crippen LogP contribution in [0.3, 0.4) is 0 Å². The van der Waals surface area contributed by atoms with Crippen molar-refractivity contribution in [3.8, 4) is 0 Å². The zero-order valence-corrected chi connectivity index (χ0v) is 10.8. The predicted molar refractivity (Wildman–Crippen MR) is 66.6 cm³/mol. The van der Waals surface area contributed by atoms with Crippen molar-refractivity contribution in [1.29, 1.82) is 0 Å². The topological polar surface area (TPSA) is 83.4 Å². The highest BCUT2D eigenvalue weighted by atomic mass is 32.2. The molecule has 0 aliphatic carbocycles. The van der Waals surface area contributed by atoms with E-state index in [4.69, 9.17) is 5.11 Å². The van der Waals surface area contributed by atoms with Crippen LogP contribution in [0.4, 0.5) is 0 Å². The lowest BCUT2D eigenvalue weighted by molar-refractivity contribution is -0.141. The molecule has 18 heavy (non-hydrogen) atoms. The third-order valence-corrected chi connectivity index (χ3v) is 4.58. The van der Waals surface area contributed by atoms with E-state index in [1.165, 1.54) is 33.6 Å². The maximum absolute atomic E-state index is 11.9. The largest absolute Gasteiger partial charge is 0.477 e. The van der Waals surface area contributed by atoms with Gasteiger partial charge in [0.2, 0.25) is 0 Å². The Morgan fingerprint density at radius 1 is 1.61 bits per heavy atom. The van der Waals surface area contributed by atoms with Crippen LogP contribution in [0.15, 0.2) is 16.7 Å². The summed E-state index contributed by atoms with van der Waals surface area (Å²) in [6, 6.07) is 0. The lowest BCUT2D eigenvalue weighted by Crippen LogP contribution is -2.51. The van der Waals surface area contributed by atoms with Gasteiger partial charge in [-0.1, -0.05) is 4.49 Å². The molecule has 1 amide bonds. The van der Waals surface area contributed by atoms with Crippen molar-refractivity contribution in [2.45, 2.75) is 12.3 Å². The molecule has 1 unspecified atom stereocenters. The lowest BCUT2D eigenvalue weighted by atomic mass is 10.0. The molecule has 0 aromatic carbocycles. The van der Waals surface area contributed by atoms with Crippen LogP contribution >= 0.6 is 23.3 Å². The summed E-state index contributed by atoms with van der Waals surface area (Å²) < 4.78 is 3.80. The summed E-state index contributed by atoms with van der Waals surface area (Å²) in [5.41, 5.74) is 1.42. The van der Waals surface area contributed by atoms with Gasteiger partial charge in [-0.25, -0.2) is 4.79 Å². The quantitative estimate of drug-likeness (QED) is 0.645. The van der Waals surface area contributed by atoms with Crippen LogP contribution in [-0.4, -0.2) is 36.8 Å². The Labute approximate surface area is 110 Å². The summed E-state index contributed by atoms with van der Waals surface area (Å²) in [6.07, 6.45) is 1.75. The minimum atomic E-state index is -1.08. The Hall–Kier alpha value is -1.67. The molecule has 0 radical (unpaired) electrons. The van der Waals surface area contributed by atoms with Crippen LogP contribution in [0, 0.1) is 6.92 Å². The molecule has 92 valence electrons. The first kappa shape index (κ1) is 11.4. The molecule has 3 heterocycles. The molecule has 3 rings (SSSR count). The molecule has 1 atom stereocenters. The summed E-state index contributed by atoms with van der Waals surface area (Å²) in [5, 5.41) is 14.1. The van der Waals surface area contributed by atoms with Crippen LogP contribution < -0.4 is 0 Å². The lowest BCUT2D eigenvalue weighted by Gasteiger charge is -2.37. The summed E-state index contributed by atoms with van der Waals surface area (Å²) in [4.78, 5) is 24.9. The van der Waals surface area contributed by atoms with Crippen molar-refractivity contribution in [3.63, 3.8) is 0 Å². The molecule has 0 bridgehead atoms. The maximum Gasteiger partial charge on any atom is 0.353 e. The smallest absolute Gasteiger partial charge is 0.353 e. The van der Waals surface area contributed by atoms with Crippen molar-refractivity contribution in [2.24, 2.45) is 0 Å². The third-order valence-electron chi connectivity index (χ3n) is 2.73. The van der Waals surface area contributed by atoms with Crippen molar-refractivity contribution in [3.05, 3.63) is 27.2 Å². The van der Waals surface area contributed by atoms with E-state index < -0.39 is 5.97 Å². The Balaban J connectivity index is 1.89. The fourth-order valence-electron chi connectivity index (χ4n) is 1.78. The van der Waals surface area contributed by atoms with Crippen LogP contribution in [0.2, 0.25) is 0 Å². The van der Waals surface area contributed by atoms with Gasteiger partial charge in [-0.05, 0) is 24.5 Å². The van der Waals surface area contributed by atoms with E-state index in [-0.39, 0.29) is 17.0 Å². The number of carbonyl (C=O) groups excluding carboxylic acids is 1. The van der Waals surface area contributed by atoms with Gasteiger partial charge < -0.3 is 5.11 Å². The number of amides is 1. The summed E-state index contributed by atoms with van der Waals surface area (Å²) in [5.74, 6) is -1.33. The molecule has 1 fully saturated rings. The molecule has 2 aliphatic rings. The molecule has 0 saturated carbocycles. The minimum absolute atomic E-state index is 0.0475. The number of fused-ring (bicyclic) bond motifs is 1. The number of hydrogen-bond acceptors (Lipinski definition) is 6. The molecule has 2 aliphatic heterocycles. The van der Waals surface area contributed by atoms with E-state index in [1.54, 1.807) is 6.08 Å². The molecule has 1 aromatic rings. The fraction of sp³-hybridized carbons (Fsp3) is 0.200. The highest BCUT2D eigenvalue weighted by Crippen LogP contribution is 2.45. The van der Waals surface area contributed by atoms with Crippen LogP contribution in [0.25, 0.3) is 6.08 Å². The minimum Gasteiger partial charge on any atom is -0.477 e. The summed E-state index contributed by atoms with van der Waals surface area (Å²) in [6.45, 7) is 1.82. The molecule has 1 aromatic heterocycles. The summed E-state index contributed by atoms with van der Waals surface area (Å²) >= 11 is 2.55. The molecule has 6 nitrogen and oxygen atoms in total. The standard InChI is InChI=1S/C10H7N3O3S2/c1-4-7(18-12-11-4)2-5-8(14)13-6(10(15)16)3-17-9(5)13/h2-3,9H,1H3,(H,15,16)/b5-2-. The number of carboxylic acid groups (broad SMARTS) is 1. The number of carbonyl (C=O) groups is 2. The predicted octanol–water partition coefficient (Wildman–Crippen LogP) is 1.07. The second kappa shape index (κ2) is 3.92. The van der Waals surface area contributed by atoms with E-state index >= 15 is 0 Å². The van der Waals surface area contributed by atoms with Gasteiger partial charge in [0.05, 0.1) is 16.1 Å². The molecule has 1 saturated heterocycles. The van der Waals surface area contributed by atoms with Crippen molar-refractivity contribution >= 4 is 41.2 Å². The number of rotatable bonds is 2. The average molecular weight is 281 g/mol. The molecular formula is C10H7N3O3S2. The molecular weight excluding hydrogens is 274 g/mol. The van der Waals surface area contributed by atoms with Crippen LogP contribution in [0.1, 0.15) is 10.6 Å². The number of thioether (sulfide) groups is 1. The highest BCUT2D eigenvalue weighted by Gasteiger charge is 2.49. The van der Waals surface area contributed by atoms with Gasteiger partial charge >= 0.3 is 5.97 Å². The number of carboxylic acids is 1. The van der Waals surface area contributed by atoms with E-state index in [0.717, 1.165) is 10.6 Å². The second-order valence-electron chi connectivity index (χ2n) is 3.79. The van der Waals surface area contributed by atoms with Gasteiger partial charge in [-0.15, -0.1) is 16.9 Å². The zero-order chi connectivity index (χ0) is 12.9. The van der Waals surface area contributed by atoms with Gasteiger partial charge in [0.1, 0.15) is 11.1 Å². The monoisotopic (exact) mass is 281 g/mol. The Morgan fingerprint density at radius 2 is 2.39 bits per heavy atom. The molecule has 1 N–H and O–H groups in total. The van der Waals surface area contributed by atoms with Crippen molar-refractivity contribution < 1.29 is 14.7 Å². The normalized spacial score (nSPS) is 23.9. The third kappa shape index (κ3) is 1.49. The van der Waals surface area contributed by atoms with Gasteiger partial charge in [-0.3, -0.25) is 9.69 Å². The van der Waals surface area contributed by atoms with Gasteiger partial charge in [0.15, 0.2) is 0 Å². The van der Waals surface area contributed by atoms with Gasteiger partial charge in [0, 0.05) is 5.41 Å². The number of β-lactam (4-membered cyclic amide) rings is 1. The van der Waals surface area contributed by atoms with Crippen LogP contribution in [0.5, 0.6) is 0 Å². The van der Waals surface area contributed by atoms with E-state index in [2.05, 4.69) is 9.59 Å². The first-order valence-corrected chi connectivity index (χ1v) is 6.74. The van der Waals surface area contributed by atoms with E-state index in [0.29, 0.717) is 5.57 Å². The molecule has 8 heteroatoms. The SMILES string of the molecule is Cc1nnsc1/C=C1/C(=O)N2C(C(=O)O)=CSC12. The van der Waals surface area contributed by atoms with E-state index in [1.807, 2.05) is 6.92 Å². The first-order valence-electron chi connectivity index (χ1n) is 5.02. The average Bonchev–Trinajstić information content (AvgIpc) is 2.90. The number of aromatic nitrogens is 2. The Kier molecular flexibility index (Phi) is 2.49. The fourth-order valence-corrected chi connectivity index (χ4v) is 3.50. The maximum atomic E-state index is 11.9. The van der Waals surface area contributed by atoms with Gasteiger partial charge in [0.25, 0.3) is 5.91 Å². The first-order chi connectivity index (χ1) is 8.59. The van der Waals surface area contributed by atoms with Crippen molar-refractivity contribution in [2.75, 3.05) is 0 Å². The number of aliphatic carboxylic acids is 1. The second-order valence-corrected chi connectivity index (χ2v) is 5.53. The van der Waals surface area contributed by atoms with Crippen LogP contribution in [-0.2, 0) is 9.59 Å². The number of hydrogen-bond donors (Lipinski definition) is 1. The number of nitrogens with zero attached hydrogens (tertiary/aromatic N) is 3. The Bertz CT molecular complexity index is 620. The highest BCUT2D eigenvalue weighted by molar-refractivity contribution is 8.03. The van der Waals surface area contributed by atoms with Gasteiger partial charge in [-0.2, -0.15) is 0 Å². The zero-order valence-electron chi connectivity index (χ0n) is 9.15. The summed E-state index contributed by atoms with van der Waals surface area (Å²) in [7, 11) is 0. The molecule has 0 spiro atoms.